The molecule has 4 nitrogen and oxygen atoms in total. The zero-order valence-corrected chi connectivity index (χ0v) is 12.4. The molecule has 1 rings (SSSR count). The van der Waals surface area contributed by atoms with E-state index in [4.69, 9.17) is 9.47 Å². The number of carbonyl (C=O) groups excluding carboxylic acids is 1. The van der Waals surface area contributed by atoms with Gasteiger partial charge in [-0.2, -0.15) is 0 Å². The maximum Gasteiger partial charge on any atom is 0.327 e. The van der Waals surface area contributed by atoms with E-state index in [1.807, 2.05) is 25.1 Å². The number of hydrogen-bond donors (Lipinski definition) is 1. The van der Waals surface area contributed by atoms with Crippen molar-refractivity contribution in [3.8, 4) is 5.75 Å². The molecule has 5 heteroatoms. The smallest absolute Gasteiger partial charge is 0.327 e. The van der Waals surface area contributed by atoms with Crippen molar-refractivity contribution in [2.24, 2.45) is 0 Å². The molecule has 0 aliphatic rings. The Balaban J connectivity index is 2.97. The first-order chi connectivity index (χ1) is 8.63. The number of nitrogens with one attached hydrogen (secondary N) is 1. The molecule has 1 aromatic rings. The van der Waals surface area contributed by atoms with Crippen LogP contribution >= 0.6 is 15.9 Å². The first kappa shape index (κ1) is 15.0. The van der Waals surface area contributed by atoms with Crippen LogP contribution in [-0.2, 0) is 9.53 Å². The van der Waals surface area contributed by atoms with Gasteiger partial charge in [0, 0.05) is 0 Å². The Morgan fingerprint density at radius 2 is 2.17 bits per heavy atom. The summed E-state index contributed by atoms with van der Waals surface area (Å²) in [6.45, 7) is 2.80. The molecular formula is C13H18BrNO3. The van der Waals surface area contributed by atoms with Crippen molar-refractivity contribution in [3.63, 3.8) is 0 Å². The molecule has 0 aliphatic heterocycles. The molecule has 1 unspecified atom stereocenters. The van der Waals surface area contributed by atoms with E-state index < -0.39 is 6.04 Å². The summed E-state index contributed by atoms with van der Waals surface area (Å²) in [5, 5.41) is 3.16. The van der Waals surface area contributed by atoms with Gasteiger partial charge in [-0.1, -0.05) is 13.0 Å². The van der Waals surface area contributed by atoms with Crippen molar-refractivity contribution in [3.05, 3.63) is 28.2 Å². The lowest BCUT2D eigenvalue weighted by atomic mass is 10.1. The quantitative estimate of drug-likeness (QED) is 0.820. The van der Waals surface area contributed by atoms with E-state index in [-0.39, 0.29) is 5.97 Å². The third-order valence-corrected chi connectivity index (χ3v) is 3.16. The summed E-state index contributed by atoms with van der Waals surface area (Å²) >= 11 is 3.41. The van der Waals surface area contributed by atoms with Crippen molar-refractivity contribution < 1.29 is 14.3 Å². The summed E-state index contributed by atoms with van der Waals surface area (Å²) in [4.78, 5) is 11.8. The van der Waals surface area contributed by atoms with E-state index in [1.54, 1.807) is 7.11 Å². The van der Waals surface area contributed by atoms with E-state index in [1.165, 1.54) is 7.11 Å². The Kier molecular flexibility index (Phi) is 6.15. The average molecular weight is 316 g/mol. The molecule has 0 saturated heterocycles. The Hall–Kier alpha value is -1.07. The molecule has 0 heterocycles. The fourth-order valence-corrected chi connectivity index (χ4v) is 2.16. The minimum atomic E-state index is -0.447. The largest absolute Gasteiger partial charge is 0.496 e. The number of halogens is 1. The fourth-order valence-electron chi connectivity index (χ4n) is 1.61. The maximum atomic E-state index is 11.8. The molecule has 100 valence electrons. The summed E-state index contributed by atoms with van der Waals surface area (Å²) in [6.07, 6.45) is 0.949. The van der Waals surface area contributed by atoms with Gasteiger partial charge in [0.25, 0.3) is 0 Å². The Morgan fingerprint density at radius 3 is 2.67 bits per heavy atom. The second-order valence-corrected chi connectivity index (χ2v) is 4.66. The van der Waals surface area contributed by atoms with E-state index in [2.05, 4.69) is 21.2 Å². The zero-order valence-electron chi connectivity index (χ0n) is 10.8. The van der Waals surface area contributed by atoms with Gasteiger partial charge in [-0.25, -0.2) is 4.79 Å². The van der Waals surface area contributed by atoms with Crippen molar-refractivity contribution in [2.45, 2.75) is 19.4 Å². The molecule has 1 aromatic carbocycles. The maximum absolute atomic E-state index is 11.8. The predicted octanol–water partition coefficient (Wildman–Crippen LogP) is 2.67. The summed E-state index contributed by atoms with van der Waals surface area (Å²) < 4.78 is 10.8. The number of benzene rings is 1. The van der Waals surface area contributed by atoms with Gasteiger partial charge in [0.05, 0.1) is 18.7 Å². The number of rotatable bonds is 6. The SMILES string of the molecule is CCCNC(C(=O)OC)c1ccc(OC)c(Br)c1. The van der Waals surface area contributed by atoms with Gasteiger partial charge in [-0.15, -0.1) is 0 Å². The molecule has 0 fully saturated rings. The fraction of sp³-hybridized carbons (Fsp3) is 0.462. The standard InChI is InChI=1S/C13H18BrNO3/c1-4-7-15-12(13(16)18-3)9-5-6-11(17-2)10(14)8-9/h5-6,8,12,15H,4,7H2,1-3H3. The third-order valence-electron chi connectivity index (χ3n) is 2.54. The Labute approximate surface area is 116 Å². The first-order valence-corrected chi connectivity index (χ1v) is 6.58. The van der Waals surface area contributed by atoms with E-state index in [9.17, 15) is 4.79 Å². The van der Waals surface area contributed by atoms with Crippen molar-refractivity contribution in [1.29, 1.82) is 0 Å². The van der Waals surface area contributed by atoms with Gasteiger partial charge in [-0.05, 0) is 46.6 Å². The van der Waals surface area contributed by atoms with E-state index in [0.29, 0.717) is 0 Å². The summed E-state index contributed by atoms with van der Waals surface area (Å²) in [5.74, 6) is 0.443. The number of hydrogen-bond acceptors (Lipinski definition) is 4. The number of esters is 1. The lowest BCUT2D eigenvalue weighted by molar-refractivity contribution is -0.143. The van der Waals surface area contributed by atoms with Gasteiger partial charge in [0.1, 0.15) is 11.8 Å². The van der Waals surface area contributed by atoms with Crippen LogP contribution in [-0.4, -0.2) is 26.7 Å². The van der Waals surface area contributed by atoms with Gasteiger partial charge < -0.3 is 14.8 Å². The van der Waals surface area contributed by atoms with Crippen LogP contribution < -0.4 is 10.1 Å². The van der Waals surface area contributed by atoms with Crippen LogP contribution in [0.5, 0.6) is 5.75 Å². The number of ether oxygens (including phenoxy) is 2. The van der Waals surface area contributed by atoms with Gasteiger partial charge >= 0.3 is 5.97 Å². The van der Waals surface area contributed by atoms with Crippen LogP contribution in [0.1, 0.15) is 24.9 Å². The Morgan fingerprint density at radius 1 is 1.44 bits per heavy atom. The van der Waals surface area contributed by atoms with Crippen LogP contribution in [0, 0.1) is 0 Å². The van der Waals surface area contributed by atoms with Crippen LogP contribution in [0.25, 0.3) is 0 Å². The number of methoxy groups -OCH3 is 2. The summed E-state index contributed by atoms with van der Waals surface area (Å²) in [5.41, 5.74) is 0.850. The van der Waals surface area contributed by atoms with Crippen molar-refractivity contribution in [2.75, 3.05) is 20.8 Å². The molecule has 0 aromatic heterocycles. The topological polar surface area (TPSA) is 47.6 Å². The van der Waals surface area contributed by atoms with Crippen LogP contribution in [0.4, 0.5) is 0 Å². The minimum Gasteiger partial charge on any atom is -0.496 e. The van der Waals surface area contributed by atoms with Gasteiger partial charge in [0.2, 0.25) is 0 Å². The van der Waals surface area contributed by atoms with Crippen molar-refractivity contribution in [1.82, 2.24) is 5.32 Å². The van der Waals surface area contributed by atoms with Crippen molar-refractivity contribution >= 4 is 21.9 Å². The van der Waals surface area contributed by atoms with Crippen LogP contribution in [0.15, 0.2) is 22.7 Å². The highest BCUT2D eigenvalue weighted by atomic mass is 79.9. The predicted molar refractivity (Wildman–Crippen MR) is 73.7 cm³/mol. The summed E-state index contributed by atoms with van der Waals surface area (Å²) in [6, 6.07) is 5.09. The summed E-state index contributed by atoms with van der Waals surface area (Å²) in [7, 11) is 2.99. The molecule has 0 aliphatic carbocycles. The molecule has 0 saturated carbocycles. The molecule has 0 radical (unpaired) electrons. The van der Waals surface area contributed by atoms with Crippen LogP contribution in [0.2, 0.25) is 0 Å². The molecular weight excluding hydrogens is 298 g/mol. The highest BCUT2D eigenvalue weighted by Gasteiger charge is 2.21. The van der Waals surface area contributed by atoms with Gasteiger partial charge in [0.15, 0.2) is 0 Å². The van der Waals surface area contributed by atoms with E-state index >= 15 is 0 Å². The zero-order chi connectivity index (χ0) is 13.5. The highest BCUT2D eigenvalue weighted by molar-refractivity contribution is 9.10. The Bertz CT molecular complexity index is 409. The number of carbonyl (C=O) groups is 1. The second kappa shape index (κ2) is 7.38. The third kappa shape index (κ3) is 3.71. The molecule has 1 N–H and O–H groups in total. The molecule has 1 atom stereocenters. The average Bonchev–Trinajstić information content (AvgIpc) is 2.39. The lowest BCUT2D eigenvalue weighted by Gasteiger charge is -2.17. The molecule has 0 bridgehead atoms. The normalized spacial score (nSPS) is 12.0. The molecule has 0 spiro atoms. The van der Waals surface area contributed by atoms with Crippen LogP contribution in [0.3, 0.4) is 0 Å². The van der Waals surface area contributed by atoms with Gasteiger partial charge in [-0.3, -0.25) is 0 Å². The minimum absolute atomic E-state index is 0.291. The monoisotopic (exact) mass is 315 g/mol. The van der Waals surface area contributed by atoms with E-state index in [0.717, 1.165) is 28.8 Å². The lowest BCUT2D eigenvalue weighted by Crippen LogP contribution is -2.30. The molecule has 18 heavy (non-hydrogen) atoms. The highest BCUT2D eigenvalue weighted by Crippen LogP contribution is 2.28. The molecule has 0 amide bonds. The first-order valence-electron chi connectivity index (χ1n) is 5.78. The second-order valence-electron chi connectivity index (χ2n) is 3.80.